The van der Waals surface area contributed by atoms with Crippen molar-refractivity contribution in [2.24, 2.45) is 59.2 Å². The fourth-order valence-corrected chi connectivity index (χ4v) is 17.9. The van der Waals surface area contributed by atoms with Crippen LogP contribution >= 0.6 is 0 Å². The standard InChI is InChI=1S/C81H94N4O11/c1-46-43-82-45-62(87)35-54-19-18-49-20-23-59(40-71(49)78(54)91)85-77-39-53(27-28-83-77)63-16-8-12-50-31-56(37-72(81(94)95)68(50)30-48-11-7-13-61(86)29-48)64-14-5-6-15-66(64)67-25-21-51-32-55(63)33-57(65(24-17-47-9-3-4-10-47)74(89)41-60-34-58(46)44-84-60)36-70(51)79(92)80(93)73(88)26-22-52-38-76(96-2)75(90)42-69(52)67/h5-7,11,13-15,18-20,23,27,29,34,38-40,42,44,46-47,50-51,55-57,62-63,65,67-68,70,72,74,80-87,89-91,93-95H,3-4,9-10,16-17,22,24,26,28,30-33,35-37,41,43,45H2,1-2H3/t46-,50-,51-,55-,56+,57+,62+,63-,65-,67+,68-,70+,72+,74-,80-/m1/s1. The average Bonchev–Trinajstić information content (AvgIpc) is 0.949. The zero-order valence-electron chi connectivity index (χ0n) is 55.2. The number of dihydropyridines is 1. The number of phenols is 3. The topological polar surface area (TPSA) is 257 Å². The second-order valence-electron chi connectivity index (χ2n) is 29.1. The number of ketones is 2. The van der Waals surface area contributed by atoms with Gasteiger partial charge in [-0.3, -0.25) is 9.59 Å². The van der Waals surface area contributed by atoms with Crippen molar-refractivity contribution in [3.05, 3.63) is 171 Å². The molecule has 0 radical (unpaired) electrons. The molecule has 13 bridgehead atoms. The van der Waals surface area contributed by atoms with Crippen molar-refractivity contribution in [1.29, 1.82) is 0 Å². The van der Waals surface area contributed by atoms with Gasteiger partial charge in [0.25, 0.3) is 0 Å². The van der Waals surface area contributed by atoms with Gasteiger partial charge in [0.1, 0.15) is 17.3 Å². The minimum Gasteiger partial charge on any atom is -0.508 e. The molecule has 15 atom stereocenters. The van der Waals surface area contributed by atoms with Crippen molar-refractivity contribution in [3.8, 4) is 46.7 Å². The summed E-state index contributed by atoms with van der Waals surface area (Å²) < 4.78 is 5.71. The van der Waals surface area contributed by atoms with Crippen molar-refractivity contribution >= 4 is 28.0 Å². The Morgan fingerprint density at radius 2 is 1.55 bits per heavy atom. The van der Waals surface area contributed by atoms with E-state index in [4.69, 9.17) is 4.74 Å². The molecular weight excluding hydrogens is 1200 g/mol. The smallest absolute Gasteiger partial charge is 0.173 e. The zero-order valence-corrected chi connectivity index (χ0v) is 55.2. The molecular formula is C81H94N4O11. The van der Waals surface area contributed by atoms with E-state index in [1.54, 1.807) is 24.3 Å². The molecule has 3 fully saturated rings. The minimum atomic E-state index is -1.94. The first kappa shape index (κ1) is 66.7. The van der Waals surface area contributed by atoms with E-state index in [0.717, 1.165) is 76.7 Å². The number of allylic oxidation sites excluding steroid dienone is 2. The van der Waals surface area contributed by atoms with E-state index < -0.39 is 59.8 Å². The predicted molar refractivity (Wildman–Crippen MR) is 371 cm³/mol. The van der Waals surface area contributed by atoms with E-state index in [9.17, 15) is 45.6 Å². The Balaban J connectivity index is 1.02. The molecule has 12 N–H and O–H groups in total. The maximum atomic E-state index is 15.8. The van der Waals surface area contributed by atoms with Gasteiger partial charge in [-0.05, 0) is 197 Å². The van der Waals surface area contributed by atoms with E-state index in [0.29, 0.717) is 105 Å². The van der Waals surface area contributed by atoms with Gasteiger partial charge in [-0.1, -0.05) is 117 Å². The van der Waals surface area contributed by atoms with Crippen LogP contribution < -0.4 is 20.7 Å². The second kappa shape index (κ2) is 29.5. The number of fused-ring (bicyclic) bond motifs is 15. The lowest BCUT2D eigenvalue weighted by atomic mass is 9.63. The second-order valence-corrected chi connectivity index (χ2v) is 29.1. The number of carbonyl (C=O) groups is 2. The Bertz CT molecular complexity index is 4010. The average molecular weight is 1300 g/mol. The van der Waals surface area contributed by atoms with Crippen LogP contribution in [0.2, 0.25) is 0 Å². The third kappa shape index (κ3) is 14.7. The SMILES string of the molecule is COc1cc2c(cc1O)[C@H]1C#C[C@@H]3C[C@@H]4C[C@@H](C[C@@H]3C(=O)[C@H](O)C(=O)CC2)[C@@H](CCC2CCCC2)[C@H](O)Cc2cc(c[nH]2)[C@H](C)CNC[C@@H](O)Cc2ccc3ccc(cc3c2O)NC2=CC(=CCN2)[C@H]4CC#C[C@@H]2C[C@@H](C[C@H](C(O)O)[C@@H]2Cc2cccc(O)c2)c2ccccc21. The molecule has 0 saturated heterocycles. The van der Waals surface area contributed by atoms with Gasteiger partial charge < -0.3 is 66.5 Å². The van der Waals surface area contributed by atoms with Gasteiger partial charge in [-0.15, -0.1) is 5.92 Å². The van der Waals surface area contributed by atoms with Crippen molar-refractivity contribution in [1.82, 2.24) is 15.6 Å². The molecule has 7 aliphatic rings. The quantitative estimate of drug-likeness (QED) is 0.0403. The van der Waals surface area contributed by atoms with Gasteiger partial charge in [0.15, 0.2) is 35.5 Å². The number of aromatic amines is 1. The van der Waals surface area contributed by atoms with Gasteiger partial charge in [-0.25, -0.2) is 0 Å². The lowest BCUT2D eigenvalue weighted by Gasteiger charge is -2.42. The first-order valence-corrected chi connectivity index (χ1v) is 35.3. The summed E-state index contributed by atoms with van der Waals surface area (Å²) in [5.74, 6) is 10.5. The molecule has 0 amide bonds. The van der Waals surface area contributed by atoms with Crippen LogP contribution in [0.25, 0.3) is 10.8 Å². The summed E-state index contributed by atoms with van der Waals surface area (Å²) in [5, 5.41) is 107. The number of aliphatic hydroxyl groups excluding tert-OH is 4. The molecule has 0 spiro atoms. The van der Waals surface area contributed by atoms with Gasteiger partial charge >= 0.3 is 0 Å². The normalized spacial score (nSPS) is 29.8. The Hall–Kier alpha value is -7.86. The molecule has 1 aromatic heterocycles. The van der Waals surface area contributed by atoms with Gasteiger partial charge in [0.05, 0.1) is 25.2 Å². The van der Waals surface area contributed by atoms with Gasteiger partial charge in [0, 0.05) is 92.0 Å². The van der Waals surface area contributed by atoms with E-state index >= 15 is 4.79 Å². The highest BCUT2D eigenvalue weighted by atomic mass is 16.5. The number of anilines is 1. The number of β-amino-alcohol motifs (C(OH)–C–C–N with tert-alkyl or cyclic N) is 1. The summed E-state index contributed by atoms with van der Waals surface area (Å²) in [6.45, 7) is 3.47. The fourth-order valence-electron chi connectivity index (χ4n) is 17.9. The van der Waals surface area contributed by atoms with Crippen molar-refractivity contribution in [2.45, 2.75) is 158 Å². The molecule has 0 unspecified atom stereocenters. The highest BCUT2D eigenvalue weighted by molar-refractivity contribution is 6.06. The molecule has 6 aromatic rings. The molecule has 3 saturated carbocycles. The van der Waals surface area contributed by atoms with Crippen LogP contribution in [-0.2, 0) is 35.3 Å². The van der Waals surface area contributed by atoms with E-state index in [1.807, 2.05) is 60.8 Å². The molecule has 5 aromatic carbocycles. The van der Waals surface area contributed by atoms with Gasteiger partial charge in [-0.2, -0.15) is 0 Å². The molecule has 3 heterocycles. The summed E-state index contributed by atoms with van der Waals surface area (Å²) >= 11 is 0. The Kier molecular flexibility index (Phi) is 20.5. The number of H-pyrrole nitrogens is 1. The van der Waals surface area contributed by atoms with Crippen LogP contribution in [0.5, 0.6) is 23.0 Å². The summed E-state index contributed by atoms with van der Waals surface area (Å²) in [6, 6.07) is 30.5. The number of Topliss-reactive ketones (excluding diaryl/α,β-unsaturated/α-hetero) is 2. The predicted octanol–water partition coefficient (Wildman–Crippen LogP) is 11.1. The van der Waals surface area contributed by atoms with Crippen molar-refractivity contribution in [3.63, 3.8) is 0 Å². The summed E-state index contributed by atoms with van der Waals surface area (Å²) in [6.07, 6.45) is 10.7. The number of hydrogen-bond acceptors (Lipinski definition) is 14. The number of methoxy groups -OCH3 is 1. The van der Waals surface area contributed by atoms with Crippen molar-refractivity contribution in [2.75, 3.05) is 32.1 Å². The Morgan fingerprint density at radius 3 is 2.36 bits per heavy atom. The van der Waals surface area contributed by atoms with E-state index in [-0.39, 0.29) is 96.0 Å². The Morgan fingerprint density at radius 1 is 0.729 bits per heavy atom. The van der Waals surface area contributed by atoms with Crippen LogP contribution in [0.3, 0.4) is 0 Å². The summed E-state index contributed by atoms with van der Waals surface area (Å²) in [4.78, 5) is 34.1. The van der Waals surface area contributed by atoms with Crippen LogP contribution in [0.1, 0.15) is 153 Å². The molecule has 2 aliphatic heterocycles. The largest absolute Gasteiger partial charge is 0.508 e. The maximum absolute atomic E-state index is 15.8. The number of aliphatic hydroxyl groups is 5. The number of carbonyl (C=O) groups excluding carboxylic acids is 2. The summed E-state index contributed by atoms with van der Waals surface area (Å²) in [5.41, 5.74) is 8.24. The zero-order chi connectivity index (χ0) is 66.7. The minimum absolute atomic E-state index is 0.0438. The molecule has 96 heavy (non-hydrogen) atoms. The van der Waals surface area contributed by atoms with E-state index in [1.165, 1.54) is 7.11 Å². The van der Waals surface area contributed by atoms with Crippen molar-refractivity contribution < 1.29 is 55.2 Å². The lowest BCUT2D eigenvalue weighted by Crippen LogP contribution is -2.40. The first-order chi connectivity index (χ1) is 46.5. The molecule has 5 aliphatic carbocycles. The summed E-state index contributed by atoms with van der Waals surface area (Å²) in [7, 11) is 1.47. The van der Waals surface area contributed by atoms with Crippen LogP contribution in [0.4, 0.5) is 5.69 Å². The van der Waals surface area contributed by atoms with Gasteiger partial charge in [0.2, 0.25) is 0 Å². The number of aryl methyl sites for hydroxylation is 1. The number of aromatic hydroxyl groups is 3. The fraction of sp³-hybridized carbons (Fsp3) is 0.481. The number of nitrogens with one attached hydrogen (secondary N) is 4. The number of ether oxygens (including phenoxy) is 1. The van der Waals surface area contributed by atoms with Crippen LogP contribution in [0.15, 0.2) is 127 Å². The molecule has 13 rings (SSSR count). The highest BCUT2D eigenvalue weighted by Gasteiger charge is 2.47. The highest BCUT2D eigenvalue weighted by Crippen LogP contribution is 2.52. The number of aromatic nitrogens is 1. The number of hydrogen-bond donors (Lipinski definition) is 12. The third-order valence-electron chi connectivity index (χ3n) is 23.1. The van der Waals surface area contributed by atoms with Crippen LogP contribution in [0, 0.1) is 82.9 Å². The van der Waals surface area contributed by atoms with Crippen LogP contribution in [-0.4, -0.2) is 109 Å². The van der Waals surface area contributed by atoms with E-state index in [2.05, 4.69) is 81.9 Å². The number of benzene rings is 5. The monoisotopic (exact) mass is 1300 g/mol. The Labute approximate surface area is 563 Å². The molecule has 504 valence electrons. The first-order valence-electron chi connectivity index (χ1n) is 35.3. The molecule has 15 heteroatoms. The maximum Gasteiger partial charge on any atom is 0.173 e. The lowest BCUT2D eigenvalue weighted by molar-refractivity contribution is -0.142. The molecule has 15 nitrogen and oxygen atoms in total. The number of phenolic OH excluding ortho intramolecular Hbond substituents is 3. The number of rotatable bonds is 7. The third-order valence-corrected chi connectivity index (χ3v) is 23.1.